The first-order valence-electron chi connectivity index (χ1n) is 11.6. The Labute approximate surface area is 199 Å². The quantitative estimate of drug-likeness (QED) is 0.456. The number of rotatable bonds is 11. The molecule has 4 rings (SSSR count). The van der Waals surface area contributed by atoms with E-state index in [1.807, 2.05) is 37.3 Å². The summed E-state index contributed by atoms with van der Waals surface area (Å²) >= 11 is 0. The Morgan fingerprint density at radius 1 is 1.24 bits per heavy atom. The number of aliphatic hydroxyl groups is 1. The van der Waals surface area contributed by atoms with Crippen LogP contribution >= 0.6 is 0 Å². The first-order valence-corrected chi connectivity index (χ1v) is 11.6. The molecule has 182 valence electrons. The van der Waals surface area contributed by atoms with E-state index in [1.165, 1.54) is 12.1 Å². The zero-order valence-electron chi connectivity index (χ0n) is 19.7. The molecule has 2 heterocycles. The number of aromatic nitrogens is 2. The molecule has 34 heavy (non-hydrogen) atoms. The van der Waals surface area contributed by atoms with Gasteiger partial charge in [0.15, 0.2) is 0 Å². The number of hydrogen-bond acceptors (Lipinski definition) is 6. The molecule has 0 unspecified atom stereocenters. The highest BCUT2D eigenvalue weighted by Crippen LogP contribution is 2.32. The van der Waals surface area contributed by atoms with Crippen molar-refractivity contribution in [3.8, 4) is 17.3 Å². The topological polar surface area (TPSA) is 69.0 Å². The van der Waals surface area contributed by atoms with E-state index in [0.29, 0.717) is 31.3 Å². The summed E-state index contributed by atoms with van der Waals surface area (Å²) in [7, 11) is 1.58. The van der Waals surface area contributed by atoms with Gasteiger partial charge in [0.05, 0.1) is 35.8 Å². The second kappa shape index (κ2) is 11.6. The molecule has 8 heteroatoms. The van der Waals surface area contributed by atoms with Crippen LogP contribution in [0.1, 0.15) is 24.1 Å². The Hall–Kier alpha value is -2.78. The molecule has 1 aliphatic heterocycles. The van der Waals surface area contributed by atoms with Crippen molar-refractivity contribution in [3.05, 3.63) is 71.7 Å². The second-order valence-electron chi connectivity index (χ2n) is 8.61. The van der Waals surface area contributed by atoms with Crippen LogP contribution in [0.3, 0.4) is 0 Å². The number of methoxy groups -OCH3 is 1. The van der Waals surface area contributed by atoms with E-state index in [9.17, 15) is 9.50 Å². The lowest BCUT2D eigenvalue weighted by Gasteiger charge is -2.27. The number of ether oxygens (including phenoxy) is 3. The Kier molecular flexibility index (Phi) is 8.29. The molecule has 0 amide bonds. The highest BCUT2D eigenvalue weighted by molar-refractivity contribution is 5.43. The van der Waals surface area contributed by atoms with Gasteiger partial charge >= 0.3 is 0 Å². The van der Waals surface area contributed by atoms with Gasteiger partial charge in [-0.1, -0.05) is 24.3 Å². The molecule has 1 saturated heterocycles. The molecule has 0 saturated carbocycles. The lowest BCUT2D eigenvalue weighted by atomic mass is 10.1. The van der Waals surface area contributed by atoms with E-state index in [0.717, 1.165) is 36.4 Å². The standard InChI is InChI=1S/C26H32FN3O4/c1-19-25(17-29(15-22(31)18-32-2)16-24-12-7-13-33-24)26(34-23-11-6-8-20(27)14-23)30(28-19)21-9-4-3-5-10-21/h3-6,8-11,14,22,24,31H,7,12-13,15-18H2,1-2H3/t22-,24-/m1/s1. The van der Waals surface area contributed by atoms with Crippen molar-refractivity contribution >= 4 is 0 Å². The van der Waals surface area contributed by atoms with Crippen LogP contribution in [-0.4, -0.2) is 65.4 Å². The minimum absolute atomic E-state index is 0.117. The fourth-order valence-corrected chi connectivity index (χ4v) is 4.26. The van der Waals surface area contributed by atoms with E-state index >= 15 is 0 Å². The SMILES string of the molecule is COC[C@H](O)CN(Cc1c(C)nn(-c2ccccc2)c1Oc1cccc(F)c1)C[C@H]1CCCO1. The molecule has 1 N–H and O–H groups in total. The summed E-state index contributed by atoms with van der Waals surface area (Å²) in [4.78, 5) is 2.15. The Morgan fingerprint density at radius 2 is 2.06 bits per heavy atom. The largest absolute Gasteiger partial charge is 0.438 e. The molecule has 7 nitrogen and oxygen atoms in total. The maximum absolute atomic E-state index is 13.9. The molecule has 3 aromatic rings. The minimum Gasteiger partial charge on any atom is -0.438 e. The van der Waals surface area contributed by atoms with Crippen LogP contribution in [0.2, 0.25) is 0 Å². The van der Waals surface area contributed by atoms with Crippen LogP contribution in [0, 0.1) is 12.7 Å². The number of halogens is 1. The fraction of sp³-hybridized carbons (Fsp3) is 0.423. The third kappa shape index (κ3) is 6.21. The van der Waals surface area contributed by atoms with E-state index in [-0.39, 0.29) is 18.5 Å². The van der Waals surface area contributed by atoms with Gasteiger partial charge in [0.1, 0.15) is 11.6 Å². The van der Waals surface area contributed by atoms with Gasteiger partial charge in [-0.3, -0.25) is 4.90 Å². The summed E-state index contributed by atoms with van der Waals surface area (Å²) < 4.78 is 32.9. The highest BCUT2D eigenvalue weighted by atomic mass is 19.1. The number of aliphatic hydroxyl groups excluding tert-OH is 1. The average Bonchev–Trinajstić information content (AvgIpc) is 3.43. The lowest BCUT2D eigenvalue weighted by Crippen LogP contribution is -2.39. The van der Waals surface area contributed by atoms with Gasteiger partial charge in [0, 0.05) is 39.4 Å². The van der Waals surface area contributed by atoms with Crippen molar-refractivity contribution < 1.29 is 23.7 Å². The summed E-state index contributed by atoms with van der Waals surface area (Å²) in [5, 5.41) is 15.2. The summed E-state index contributed by atoms with van der Waals surface area (Å²) in [5.41, 5.74) is 2.51. The molecule has 2 atom stereocenters. The predicted octanol–water partition coefficient (Wildman–Crippen LogP) is 4.10. The number of aryl methyl sites for hydroxylation is 1. The third-order valence-corrected chi connectivity index (χ3v) is 5.84. The van der Waals surface area contributed by atoms with Gasteiger partial charge < -0.3 is 19.3 Å². The van der Waals surface area contributed by atoms with Crippen molar-refractivity contribution in [2.75, 3.05) is 33.4 Å². The van der Waals surface area contributed by atoms with Crippen LogP contribution in [-0.2, 0) is 16.0 Å². The summed E-state index contributed by atoms with van der Waals surface area (Å²) in [6.07, 6.45) is 1.51. The van der Waals surface area contributed by atoms with E-state index in [2.05, 4.69) is 4.90 Å². The maximum Gasteiger partial charge on any atom is 0.227 e. The predicted molar refractivity (Wildman–Crippen MR) is 127 cm³/mol. The smallest absolute Gasteiger partial charge is 0.227 e. The van der Waals surface area contributed by atoms with Gasteiger partial charge in [-0.2, -0.15) is 5.10 Å². The molecule has 0 bridgehead atoms. The molecule has 1 aromatic heterocycles. The Balaban J connectivity index is 1.68. The Morgan fingerprint density at radius 3 is 2.76 bits per heavy atom. The van der Waals surface area contributed by atoms with Gasteiger partial charge in [-0.25, -0.2) is 9.07 Å². The van der Waals surface area contributed by atoms with Crippen LogP contribution in [0.5, 0.6) is 11.6 Å². The van der Waals surface area contributed by atoms with Crippen molar-refractivity contribution in [2.45, 2.75) is 38.5 Å². The van der Waals surface area contributed by atoms with Crippen molar-refractivity contribution in [3.63, 3.8) is 0 Å². The number of hydrogen-bond donors (Lipinski definition) is 1. The van der Waals surface area contributed by atoms with Crippen LogP contribution < -0.4 is 4.74 Å². The van der Waals surface area contributed by atoms with Crippen molar-refractivity contribution in [1.29, 1.82) is 0 Å². The number of para-hydroxylation sites is 1. The monoisotopic (exact) mass is 469 g/mol. The number of nitrogens with zero attached hydrogens (tertiary/aromatic N) is 3. The van der Waals surface area contributed by atoms with Crippen LogP contribution in [0.4, 0.5) is 4.39 Å². The average molecular weight is 470 g/mol. The van der Waals surface area contributed by atoms with Gasteiger partial charge in [0.25, 0.3) is 0 Å². The van der Waals surface area contributed by atoms with Crippen molar-refractivity contribution in [2.24, 2.45) is 0 Å². The maximum atomic E-state index is 13.9. The minimum atomic E-state index is -0.636. The first kappa shape index (κ1) is 24.3. The Bertz CT molecular complexity index is 1050. The fourth-order valence-electron chi connectivity index (χ4n) is 4.26. The van der Waals surface area contributed by atoms with E-state index in [1.54, 1.807) is 23.9 Å². The molecule has 1 fully saturated rings. The van der Waals surface area contributed by atoms with Gasteiger partial charge in [-0.05, 0) is 44.0 Å². The van der Waals surface area contributed by atoms with Crippen LogP contribution in [0.25, 0.3) is 5.69 Å². The van der Waals surface area contributed by atoms with Gasteiger partial charge in [0.2, 0.25) is 5.88 Å². The molecule has 2 aromatic carbocycles. The zero-order chi connectivity index (χ0) is 23.9. The summed E-state index contributed by atoms with van der Waals surface area (Å²) in [6.45, 7) is 4.53. The zero-order valence-corrected chi connectivity index (χ0v) is 19.7. The van der Waals surface area contributed by atoms with Gasteiger partial charge in [-0.15, -0.1) is 0 Å². The molecule has 0 aliphatic carbocycles. The molecule has 0 spiro atoms. The highest BCUT2D eigenvalue weighted by Gasteiger charge is 2.26. The van der Waals surface area contributed by atoms with Crippen molar-refractivity contribution in [1.82, 2.24) is 14.7 Å². The molecular formula is C26H32FN3O4. The first-order chi connectivity index (χ1) is 16.5. The summed E-state index contributed by atoms with van der Waals surface area (Å²) in [6, 6.07) is 15.8. The third-order valence-electron chi connectivity index (χ3n) is 5.84. The molecule has 0 radical (unpaired) electrons. The molecular weight excluding hydrogens is 437 g/mol. The lowest BCUT2D eigenvalue weighted by molar-refractivity contribution is 0.0155. The normalized spacial score (nSPS) is 16.8. The number of benzene rings is 2. The summed E-state index contributed by atoms with van der Waals surface area (Å²) in [5.74, 6) is 0.542. The van der Waals surface area contributed by atoms with E-state index < -0.39 is 6.10 Å². The van der Waals surface area contributed by atoms with E-state index in [4.69, 9.17) is 19.3 Å². The van der Waals surface area contributed by atoms with Crippen LogP contribution in [0.15, 0.2) is 54.6 Å². The second-order valence-corrected chi connectivity index (χ2v) is 8.61. The molecule has 1 aliphatic rings.